The number of pyridine rings is 1. The fourth-order valence-corrected chi connectivity index (χ4v) is 3.45. The molecule has 3 rings (SSSR count). The predicted octanol–water partition coefficient (Wildman–Crippen LogP) is 3.84. The van der Waals surface area contributed by atoms with Gasteiger partial charge in [0, 0.05) is 30.3 Å². The van der Waals surface area contributed by atoms with Crippen molar-refractivity contribution in [3.05, 3.63) is 82.9 Å². The summed E-state index contributed by atoms with van der Waals surface area (Å²) in [5.74, 6) is -0.824. The van der Waals surface area contributed by atoms with Gasteiger partial charge in [-0.05, 0) is 66.4 Å². The van der Waals surface area contributed by atoms with Crippen LogP contribution < -0.4 is 5.32 Å². The summed E-state index contributed by atoms with van der Waals surface area (Å²) in [5, 5.41) is 2.76. The van der Waals surface area contributed by atoms with E-state index in [1.807, 2.05) is 19.1 Å². The van der Waals surface area contributed by atoms with Crippen molar-refractivity contribution < 1.29 is 17.6 Å². The van der Waals surface area contributed by atoms with E-state index in [0.29, 0.717) is 16.7 Å². The van der Waals surface area contributed by atoms with E-state index in [1.165, 1.54) is 18.2 Å². The fraction of sp³-hybridized carbons (Fsp3) is 0.182. The number of nitrogens with zero attached hydrogens (tertiary/aromatic N) is 1. The fourth-order valence-electron chi connectivity index (χ4n) is 2.77. The molecule has 0 radical (unpaired) electrons. The molecule has 3 aromatic rings. The minimum Gasteiger partial charge on any atom is -0.348 e. The lowest BCUT2D eigenvalue weighted by atomic mass is 10.0. The predicted molar refractivity (Wildman–Crippen MR) is 110 cm³/mol. The van der Waals surface area contributed by atoms with E-state index in [2.05, 4.69) is 10.3 Å². The molecule has 5 nitrogen and oxygen atoms in total. The third-order valence-corrected chi connectivity index (χ3v) is 5.62. The topological polar surface area (TPSA) is 76.1 Å². The minimum absolute atomic E-state index is 0.00173. The van der Waals surface area contributed by atoms with Crippen LogP contribution in [0.1, 0.15) is 27.2 Å². The second-order valence-electron chi connectivity index (χ2n) is 6.97. The van der Waals surface area contributed by atoms with E-state index in [-0.39, 0.29) is 17.0 Å². The highest BCUT2D eigenvalue weighted by Gasteiger charge is 2.16. The average Bonchev–Trinajstić information content (AvgIpc) is 2.68. The molecule has 2 aromatic carbocycles. The van der Waals surface area contributed by atoms with E-state index in [4.69, 9.17) is 0 Å². The summed E-state index contributed by atoms with van der Waals surface area (Å²) < 4.78 is 38.2. The zero-order chi connectivity index (χ0) is 21.2. The number of nitrogens with one attached hydrogen (secondary N) is 1. The molecular formula is C22H21FN2O3S. The molecule has 1 N–H and O–H groups in total. The van der Waals surface area contributed by atoms with Gasteiger partial charge in [0.15, 0.2) is 9.84 Å². The second-order valence-corrected chi connectivity index (χ2v) is 8.99. The molecule has 1 amide bonds. The van der Waals surface area contributed by atoms with Crippen LogP contribution in [0.3, 0.4) is 0 Å². The van der Waals surface area contributed by atoms with Gasteiger partial charge in [0.25, 0.3) is 5.91 Å². The number of sulfone groups is 1. The van der Waals surface area contributed by atoms with Gasteiger partial charge in [-0.15, -0.1) is 0 Å². The summed E-state index contributed by atoms with van der Waals surface area (Å²) in [6.45, 7) is 3.77. The lowest BCUT2D eigenvalue weighted by Gasteiger charge is -2.11. The summed E-state index contributed by atoms with van der Waals surface area (Å²) in [5.41, 5.74) is 3.31. The highest BCUT2D eigenvalue weighted by Crippen LogP contribution is 2.26. The molecule has 0 atom stereocenters. The lowest BCUT2D eigenvalue weighted by Crippen LogP contribution is -2.23. The number of rotatable bonds is 5. The van der Waals surface area contributed by atoms with Crippen molar-refractivity contribution in [1.29, 1.82) is 0 Å². The highest BCUT2D eigenvalue weighted by molar-refractivity contribution is 7.90. The molecule has 0 aliphatic heterocycles. The Balaban J connectivity index is 1.95. The maximum Gasteiger partial charge on any atom is 0.251 e. The molecule has 150 valence electrons. The SMILES string of the molecule is Cc1ccc(CNC(=O)c2cc(-c3ccc(C)c(F)c3)cc(S(C)(=O)=O)c2)cn1. The first-order valence-corrected chi connectivity index (χ1v) is 10.8. The maximum absolute atomic E-state index is 14.0. The highest BCUT2D eigenvalue weighted by atomic mass is 32.2. The van der Waals surface area contributed by atoms with Crippen molar-refractivity contribution in [3.63, 3.8) is 0 Å². The van der Waals surface area contributed by atoms with Crippen molar-refractivity contribution in [2.75, 3.05) is 6.26 Å². The number of hydrogen-bond donors (Lipinski definition) is 1. The molecule has 0 aliphatic rings. The van der Waals surface area contributed by atoms with Gasteiger partial charge in [-0.25, -0.2) is 12.8 Å². The van der Waals surface area contributed by atoms with Crippen LogP contribution in [0.25, 0.3) is 11.1 Å². The van der Waals surface area contributed by atoms with Crippen LogP contribution in [-0.2, 0) is 16.4 Å². The summed E-state index contributed by atoms with van der Waals surface area (Å²) in [6.07, 6.45) is 2.74. The summed E-state index contributed by atoms with van der Waals surface area (Å²) in [7, 11) is -3.56. The second kappa shape index (κ2) is 8.13. The van der Waals surface area contributed by atoms with Gasteiger partial charge >= 0.3 is 0 Å². The normalized spacial score (nSPS) is 11.3. The molecule has 7 heteroatoms. The first-order chi connectivity index (χ1) is 13.6. The Morgan fingerprint density at radius 1 is 1.03 bits per heavy atom. The smallest absolute Gasteiger partial charge is 0.251 e. The number of hydrogen-bond acceptors (Lipinski definition) is 4. The van der Waals surface area contributed by atoms with E-state index in [1.54, 1.807) is 31.3 Å². The Morgan fingerprint density at radius 2 is 1.79 bits per heavy atom. The standard InChI is InChI=1S/C22H21FN2O3S/c1-14-4-7-17(11-21(14)23)18-8-19(10-20(9-18)29(3,27)28)22(26)25-13-16-6-5-15(2)24-12-16/h4-12H,13H2,1-3H3,(H,25,26). The van der Waals surface area contributed by atoms with Crippen molar-refractivity contribution in [2.24, 2.45) is 0 Å². The van der Waals surface area contributed by atoms with Gasteiger partial charge < -0.3 is 5.32 Å². The van der Waals surface area contributed by atoms with Crippen molar-refractivity contribution in [3.8, 4) is 11.1 Å². The Hall–Kier alpha value is -3.06. The molecule has 0 fully saturated rings. The van der Waals surface area contributed by atoms with Gasteiger partial charge in [-0.1, -0.05) is 18.2 Å². The number of carbonyl (C=O) groups excluding carboxylic acids is 1. The van der Waals surface area contributed by atoms with Gasteiger partial charge in [-0.3, -0.25) is 9.78 Å². The number of aromatic nitrogens is 1. The average molecular weight is 412 g/mol. The molecule has 1 heterocycles. The van der Waals surface area contributed by atoms with Crippen molar-refractivity contribution in [2.45, 2.75) is 25.3 Å². The van der Waals surface area contributed by atoms with Gasteiger partial charge in [0.1, 0.15) is 5.82 Å². The van der Waals surface area contributed by atoms with Gasteiger partial charge in [-0.2, -0.15) is 0 Å². The van der Waals surface area contributed by atoms with Crippen molar-refractivity contribution >= 4 is 15.7 Å². The summed E-state index contributed by atoms with van der Waals surface area (Å²) in [4.78, 5) is 16.8. The van der Waals surface area contributed by atoms with Crippen LogP contribution in [0.4, 0.5) is 4.39 Å². The summed E-state index contributed by atoms with van der Waals surface area (Å²) in [6, 6.07) is 12.7. The van der Waals surface area contributed by atoms with E-state index >= 15 is 0 Å². The number of carbonyl (C=O) groups is 1. The largest absolute Gasteiger partial charge is 0.348 e. The quantitative estimate of drug-likeness (QED) is 0.691. The van der Waals surface area contributed by atoms with Crippen LogP contribution in [0, 0.1) is 19.7 Å². The zero-order valence-corrected chi connectivity index (χ0v) is 17.2. The number of amides is 1. The molecule has 29 heavy (non-hydrogen) atoms. The Bertz CT molecular complexity index is 1170. The van der Waals surface area contributed by atoms with E-state index < -0.39 is 21.6 Å². The Kier molecular flexibility index (Phi) is 5.79. The molecular weight excluding hydrogens is 391 g/mol. The third kappa shape index (κ3) is 5.06. The van der Waals surface area contributed by atoms with Crippen LogP contribution in [0.5, 0.6) is 0 Å². The maximum atomic E-state index is 14.0. The van der Waals surface area contributed by atoms with Gasteiger partial charge in [0.2, 0.25) is 0 Å². The molecule has 0 bridgehead atoms. The monoisotopic (exact) mass is 412 g/mol. The van der Waals surface area contributed by atoms with Crippen molar-refractivity contribution in [1.82, 2.24) is 10.3 Å². The third-order valence-electron chi connectivity index (χ3n) is 4.53. The Labute approximate surface area is 169 Å². The van der Waals surface area contributed by atoms with Crippen LogP contribution in [0.15, 0.2) is 59.6 Å². The molecule has 0 saturated heterocycles. The number of aryl methyl sites for hydroxylation is 2. The van der Waals surface area contributed by atoms with Crippen LogP contribution in [0.2, 0.25) is 0 Å². The number of halogens is 1. The van der Waals surface area contributed by atoms with Crippen LogP contribution >= 0.6 is 0 Å². The molecule has 0 spiro atoms. The first-order valence-electron chi connectivity index (χ1n) is 8.95. The molecule has 1 aromatic heterocycles. The molecule has 0 aliphatic carbocycles. The summed E-state index contributed by atoms with van der Waals surface area (Å²) >= 11 is 0. The van der Waals surface area contributed by atoms with Crippen LogP contribution in [-0.4, -0.2) is 25.6 Å². The van der Waals surface area contributed by atoms with Gasteiger partial charge in [0.05, 0.1) is 4.90 Å². The Morgan fingerprint density at radius 3 is 2.41 bits per heavy atom. The van der Waals surface area contributed by atoms with E-state index in [9.17, 15) is 17.6 Å². The molecule has 0 unspecified atom stereocenters. The zero-order valence-electron chi connectivity index (χ0n) is 16.4. The first kappa shape index (κ1) is 20.7. The van der Waals surface area contributed by atoms with E-state index in [0.717, 1.165) is 17.5 Å². The lowest BCUT2D eigenvalue weighted by molar-refractivity contribution is 0.0950. The minimum atomic E-state index is -3.56. The number of benzene rings is 2. The molecule has 0 saturated carbocycles.